The van der Waals surface area contributed by atoms with Crippen molar-refractivity contribution in [2.75, 3.05) is 38.5 Å². The number of anilines is 1. The van der Waals surface area contributed by atoms with Crippen molar-refractivity contribution >= 4 is 17.2 Å². The molecule has 1 fully saturated rings. The number of rotatable bonds is 5. The summed E-state index contributed by atoms with van der Waals surface area (Å²) in [4.78, 5) is 22.0. The third-order valence-electron chi connectivity index (χ3n) is 6.70. The molecule has 0 saturated carbocycles. The van der Waals surface area contributed by atoms with Gasteiger partial charge in [0.25, 0.3) is 5.91 Å². The quantitative estimate of drug-likeness (QED) is 0.425. The van der Waals surface area contributed by atoms with Gasteiger partial charge >= 0.3 is 0 Å². The molecule has 7 nitrogen and oxygen atoms in total. The molecule has 8 heteroatoms. The van der Waals surface area contributed by atoms with Gasteiger partial charge in [0.15, 0.2) is 5.65 Å². The first-order chi connectivity index (χ1) is 18.0. The van der Waals surface area contributed by atoms with Gasteiger partial charge in [-0.1, -0.05) is 18.1 Å². The first-order valence-corrected chi connectivity index (χ1v) is 12.3. The predicted molar refractivity (Wildman–Crippen MR) is 142 cm³/mol. The van der Waals surface area contributed by atoms with E-state index in [4.69, 9.17) is 0 Å². The number of halogens is 1. The van der Waals surface area contributed by atoms with Crippen LogP contribution >= 0.6 is 0 Å². The van der Waals surface area contributed by atoms with Crippen LogP contribution in [0.1, 0.15) is 38.3 Å². The minimum absolute atomic E-state index is 0.267. The lowest BCUT2D eigenvalue weighted by molar-refractivity contribution is 0.102. The molecular formula is C29H29FN6O. The van der Waals surface area contributed by atoms with Crippen molar-refractivity contribution in [3.05, 3.63) is 94.4 Å². The van der Waals surface area contributed by atoms with E-state index in [9.17, 15) is 9.18 Å². The molecule has 0 spiro atoms. The average Bonchev–Trinajstić information content (AvgIpc) is 3.33. The Hall–Kier alpha value is -4.06. The Morgan fingerprint density at radius 1 is 1.05 bits per heavy atom. The normalized spacial score (nSPS) is 14.4. The van der Waals surface area contributed by atoms with E-state index in [1.54, 1.807) is 35.1 Å². The number of carbonyl (C=O) groups is 1. The zero-order valence-corrected chi connectivity index (χ0v) is 21.0. The second-order valence-electron chi connectivity index (χ2n) is 9.37. The van der Waals surface area contributed by atoms with Crippen molar-refractivity contribution < 1.29 is 9.18 Å². The molecule has 1 amide bonds. The number of carbonyl (C=O) groups excluding carboxylic acids is 1. The zero-order valence-electron chi connectivity index (χ0n) is 21.0. The van der Waals surface area contributed by atoms with Crippen LogP contribution in [0.4, 0.5) is 10.1 Å². The van der Waals surface area contributed by atoms with Crippen LogP contribution in [0.3, 0.4) is 0 Å². The molecule has 188 valence electrons. The number of hydrogen-bond acceptors (Lipinski definition) is 5. The molecular weight excluding hydrogens is 467 g/mol. The Kier molecular flexibility index (Phi) is 7.26. The monoisotopic (exact) mass is 496 g/mol. The number of amides is 1. The van der Waals surface area contributed by atoms with E-state index in [0.29, 0.717) is 29.1 Å². The second kappa shape index (κ2) is 10.9. The van der Waals surface area contributed by atoms with E-state index >= 15 is 0 Å². The number of nitrogens with one attached hydrogen (secondary N) is 1. The minimum Gasteiger partial charge on any atom is -0.322 e. The van der Waals surface area contributed by atoms with Gasteiger partial charge < -0.3 is 10.2 Å². The Labute approximate surface area is 215 Å². The summed E-state index contributed by atoms with van der Waals surface area (Å²) in [7, 11) is 2.12. The molecule has 37 heavy (non-hydrogen) atoms. The lowest BCUT2D eigenvalue weighted by Crippen LogP contribution is -2.44. The molecule has 0 radical (unpaired) electrons. The zero-order chi connectivity index (χ0) is 25.8. The van der Waals surface area contributed by atoms with Crippen LogP contribution in [-0.2, 0) is 13.2 Å². The van der Waals surface area contributed by atoms with Crippen LogP contribution in [-0.4, -0.2) is 63.5 Å². The minimum atomic E-state index is -0.574. The smallest absolute Gasteiger partial charge is 0.255 e. The summed E-state index contributed by atoms with van der Waals surface area (Å²) >= 11 is 0. The summed E-state index contributed by atoms with van der Waals surface area (Å²) in [5.41, 5.74) is 5.70. The molecule has 0 aliphatic carbocycles. The largest absolute Gasteiger partial charge is 0.322 e. The summed E-state index contributed by atoms with van der Waals surface area (Å²) in [5, 5.41) is 7.19. The first kappa shape index (κ1) is 24.6. The van der Waals surface area contributed by atoms with Gasteiger partial charge in [-0.05, 0) is 73.0 Å². The average molecular weight is 497 g/mol. The van der Waals surface area contributed by atoms with Crippen molar-refractivity contribution in [1.29, 1.82) is 0 Å². The van der Waals surface area contributed by atoms with Gasteiger partial charge in [-0.15, -0.1) is 0 Å². The third-order valence-corrected chi connectivity index (χ3v) is 6.70. The topological polar surface area (TPSA) is 65.8 Å². The number of aryl methyl sites for hydroxylation is 1. The molecule has 0 bridgehead atoms. The summed E-state index contributed by atoms with van der Waals surface area (Å²) in [6.07, 6.45) is 3.36. The predicted octanol–water partition coefficient (Wildman–Crippen LogP) is 3.91. The molecule has 0 atom stereocenters. The molecule has 4 aromatic rings. The highest BCUT2D eigenvalue weighted by atomic mass is 19.1. The number of fused-ring (bicyclic) bond motifs is 1. The SMILES string of the molecule is Cc1ccc(C(=O)Nc2ccc(CN3CCN(C)CC3)c(CF)c2)cc1C#Cc1cnc2cccnn12. The first-order valence-electron chi connectivity index (χ1n) is 12.3. The van der Waals surface area contributed by atoms with Crippen molar-refractivity contribution in [3.63, 3.8) is 0 Å². The van der Waals surface area contributed by atoms with Gasteiger partial charge in [-0.25, -0.2) is 13.9 Å². The molecule has 1 N–H and O–H groups in total. The lowest BCUT2D eigenvalue weighted by Gasteiger charge is -2.32. The molecule has 3 heterocycles. The van der Waals surface area contributed by atoms with Gasteiger partial charge in [0.2, 0.25) is 0 Å². The van der Waals surface area contributed by atoms with E-state index in [-0.39, 0.29) is 5.91 Å². The fraction of sp³-hybridized carbons (Fsp3) is 0.276. The van der Waals surface area contributed by atoms with Gasteiger partial charge in [-0.3, -0.25) is 9.69 Å². The number of piperazine rings is 1. The second-order valence-corrected chi connectivity index (χ2v) is 9.37. The number of likely N-dealkylation sites (N-methyl/N-ethyl adjacent to an activating group) is 1. The number of hydrogen-bond donors (Lipinski definition) is 1. The highest BCUT2D eigenvalue weighted by Crippen LogP contribution is 2.21. The number of benzene rings is 2. The van der Waals surface area contributed by atoms with Gasteiger partial charge in [0.05, 0.1) is 6.20 Å². The van der Waals surface area contributed by atoms with Gasteiger partial charge in [0, 0.05) is 55.7 Å². The summed E-state index contributed by atoms with van der Waals surface area (Å²) < 4.78 is 15.5. The van der Waals surface area contributed by atoms with Crippen molar-refractivity contribution in [2.45, 2.75) is 20.1 Å². The van der Waals surface area contributed by atoms with Crippen LogP contribution in [0.25, 0.3) is 5.65 Å². The summed E-state index contributed by atoms with van der Waals surface area (Å²) in [6, 6.07) is 14.6. The Morgan fingerprint density at radius 2 is 1.89 bits per heavy atom. The van der Waals surface area contributed by atoms with E-state index in [0.717, 1.165) is 48.5 Å². The van der Waals surface area contributed by atoms with Gasteiger partial charge in [-0.2, -0.15) is 5.10 Å². The molecule has 1 aliphatic rings. The highest BCUT2D eigenvalue weighted by molar-refractivity contribution is 6.04. The van der Waals surface area contributed by atoms with Crippen LogP contribution in [0, 0.1) is 18.8 Å². The van der Waals surface area contributed by atoms with Crippen molar-refractivity contribution in [1.82, 2.24) is 24.4 Å². The maximum atomic E-state index is 13.9. The number of imidazole rings is 1. The van der Waals surface area contributed by atoms with Crippen LogP contribution < -0.4 is 5.32 Å². The van der Waals surface area contributed by atoms with Crippen molar-refractivity contribution in [2.24, 2.45) is 0 Å². The van der Waals surface area contributed by atoms with Crippen LogP contribution in [0.2, 0.25) is 0 Å². The van der Waals surface area contributed by atoms with E-state index < -0.39 is 6.67 Å². The standard InChI is InChI=1S/C29H29FN6O/c1-21-5-6-23(16-22(21)8-10-27-19-31-28-4-3-11-32-36(27)28)29(37)33-26-9-7-24(25(17-26)18-30)20-35-14-12-34(2)13-15-35/h3-7,9,11,16-17,19H,12-15,18,20H2,1-2H3,(H,33,37). The summed E-state index contributed by atoms with van der Waals surface area (Å²) in [6.45, 7) is 6.04. The summed E-state index contributed by atoms with van der Waals surface area (Å²) in [5.74, 6) is 5.98. The van der Waals surface area contributed by atoms with E-state index in [1.807, 2.05) is 37.3 Å². The number of nitrogens with zero attached hydrogens (tertiary/aromatic N) is 5. The Bertz CT molecular complexity index is 1490. The van der Waals surface area contributed by atoms with E-state index in [1.165, 1.54) is 0 Å². The Balaban J connectivity index is 1.31. The molecule has 2 aromatic carbocycles. The molecule has 2 aromatic heterocycles. The molecule has 0 unspecified atom stereocenters. The molecule has 1 saturated heterocycles. The fourth-order valence-electron chi connectivity index (χ4n) is 4.38. The maximum absolute atomic E-state index is 13.9. The highest BCUT2D eigenvalue weighted by Gasteiger charge is 2.16. The molecule has 5 rings (SSSR count). The number of alkyl halides is 1. The third kappa shape index (κ3) is 5.69. The number of aromatic nitrogens is 3. The van der Waals surface area contributed by atoms with Crippen LogP contribution in [0.5, 0.6) is 0 Å². The maximum Gasteiger partial charge on any atom is 0.255 e. The van der Waals surface area contributed by atoms with E-state index in [2.05, 4.69) is 44.1 Å². The van der Waals surface area contributed by atoms with Gasteiger partial charge in [0.1, 0.15) is 12.4 Å². The van der Waals surface area contributed by atoms with Crippen molar-refractivity contribution in [3.8, 4) is 11.8 Å². The Morgan fingerprint density at radius 3 is 2.70 bits per heavy atom. The lowest BCUT2D eigenvalue weighted by atomic mass is 10.0. The van der Waals surface area contributed by atoms with Crippen LogP contribution in [0.15, 0.2) is 60.9 Å². The molecule has 1 aliphatic heterocycles. The fourth-order valence-corrected chi connectivity index (χ4v) is 4.38.